The highest BCUT2D eigenvalue weighted by Gasteiger charge is 2.15. The molecule has 0 aliphatic rings. The van der Waals surface area contributed by atoms with Crippen molar-refractivity contribution in [1.82, 2.24) is 0 Å². The van der Waals surface area contributed by atoms with Gasteiger partial charge >= 0.3 is 0 Å². The number of benzene rings is 2. The number of hydrogen-bond donors (Lipinski definition) is 0. The van der Waals surface area contributed by atoms with Crippen molar-refractivity contribution in [3.63, 3.8) is 0 Å². The molecule has 33 heavy (non-hydrogen) atoms. The lowest BCUT2D eigenvalue weighted by Gasteiger charge is -2.22. The van der Waals surface area contributed by atoms with Gasteiger partial charge in [0, 0.05) is 11.4 Å². The topological polar surface area (TPSA) is 20.3 Å². The average Bonchev–Trinajstić information content (AvgIpc) is 2.85. The van der Waals surface area contributed by atoms with Crippen LogP contribution in [-0.2, 0) is 17.6 Å². The van der Waals surface area contributed by atoms with Crippen LogP contribution in [0.2, 0.25) is 0 Å². The van der Waals surface area contributed by atoms with Crippen LogP contribution in [0.25, 0.3) is 0 Å². The maximum absolute atomic E-state index is 12.7. The molecule has 0 unspecified atom stereocenters. The molecule has 0 aliphatic heterocycles. The van der Waals surface area contributed by atoms with Gasteiger partial charge in [-0.1, -0.05) is 109 Å². The Labute approximate surface area is 203 Å². The number of carbonyl (C=O) groups is 1. The molecule has 2 rings (SSSR count). The van der Waals surface area contributed by atoms with Crippen LogP contribution in [0.4, 0.5) is 11.4 Å². The van der Waals surface area contributed by atoms with Crippen molar-refractivity contribution in [3.05, 3.63) is 72.3 Å². The third-order valence-electron chi connectivity index (χ3n) is 6.42. The van der Waals surface area contributed by atoms with Crippen LogP contribution in [0.15, 0.2) is 61.2 Å². The van der Waals surface area contributed by atoms with Gasteiger partial charge in [-0.2, -0.15) is 0 Å². The fourth-order valence-electron chi connectivity index (χ4n) is 4.34. The molecule has 0 heterocycles. The van der Waals surface area contributed by atoms with Crippen LogP contribution >= 0.6 is 0 Å². The Kier molecular flexibility index (Phi) is 13.3. The van der Waals surface area contributed by atoms with Crippen molar-refractivity contribution >= 4 is 17.3 Å². The van der Waals surface area contributed by atoms with Crippen molar-refractivity contribution in [1.29, 1.82) is 0 Å². The Balaban J connectivity index is 1.93. The summed E-state index contributed by atoms with van der Waals surface area (Å²) >= 11 is 0. The van der Waals surface area contributed by atoms with Crippen LogP contribution in [0.1, 0.15) is 102 Å². The molecule has 0 N–H and O–H groups in total. The lowest BCUT2D eigenvalue weighted by molar-refractivity contribution is -0.113. The summed E-state index contributed by atoms with van der Waals surface area (Å²) in [5.74, 6) is -0.0950. The smallest absolute Gasteiger partial charge is 0.254 e. The van der Waals surface area contributed by atoms with Gasteiger partial charge in [-0.15, -0.1) is 0 Å². The number of carbonyl (C=O) groups excluding carboxylic acids is 1. The first-order valence-corrected chi connectivity index (χ1v) is 13.3. The predicted octanol–water partition coefficient (Wildman–Crippen LogP) is 9.34. The summed E-state index contributed by atoms with van der Waals surface area (Å²) in [5.41, 5.74) is 4.48. The Morgan fingerprint density at radius 1 is 0.636 bits per heavy atom. The SMILES string of the molecule is C=CC(=O)N(c1ccc(CCCCCCCC)cc1)c1ccc(CCCCCCCC)cc1. The summed E-state index contributed by atoms with van der Waals surface area (Å²) in [5, 5.41) is 0. The second kappa shape index (κ2) is 16.3. The molecule has 2 aromatic rings. The van der Waals surface area contributed by atoms with Crippen LogP contribution in [0.5, 0.6) is 0 Å². The summed E-state index contributed by atoms with van der Waals surface area (Å²) in [7, 11) is 0. The molecule has 2 heteroatoms. The molecule has 1 amide bonds. The van der Waals surface area contributed by atoms with E-state index in [0.29, 0.717) is 0 Å². The highest BCUT2D eigenvalue weighted by atomic mass is 16.2. The molecule has 0 aromatic heterocycles. The average molecular weight is 448 g/mol. The molecule has 0 aliphatic carbocycles. The van der Waals surface area contributed by atoms with Crippen molar-refractivity contribution in [2.75, 3.05) is 4.90 Å². The van der Waals surface area contributed by atoms with Gasteiger partial charge in [-0.05, 0) is 67.2 Å². The van der Waals surface area contributed by atoms with E-state index in [1.54, 1.807) is 4.90 Å². The van der Waals surface area contributed by atoms with Crippen LogP contribution < -0.4 is 4.90 Å². The monoisotopic (exact) mass is 447 g/mol. The summed E-state index contributed by atoms with van der Waals surface area (Å²) in [6, 6.07) is 16.9. The summed E-state index contributed by atoms with van der Waals surface area (Å²) in [4.78, 5) is 14.4. The first-order chi connectivity index (χ1) is 16.2. The van der Waals surface area contributed by atoms with Gasteiger partial charge in [0.2, 0.25) is 0 Å². The standard InChI is InChI=1S/C31H45NO/c1-4-7-9-11-13-15-17-27-19-23-29(24-20-27)32(31(33)6-3)30-25-21-28(22-26-30)18-16-14-12-10-8-5-2/h6,19-26H,3-5,7-18H2,1-2H3. The van der Waals surface area contributed by atoms with E-state index in [0.717, 1.165) is 24.2 Å². The number of unbranched alkanes of at least 4 members (excludes halogenated alkanes) is 10. The molecular formula is C31H45NO. The van der Waals surface area contributed by atoms with Gasteiger partial charge in [0.05, 0.1) is 0 Å². The molecule has 0 radical (unpaired) electrons. The lowest BCUT2D eigenvalue weighted by Crippen LogP contribution is -2.23. The number of aryl methyl sites for hydroxylation is 2. The quantitative estimate of drug-likeness (QED) is 0.175. The normalized spacial score (nSPS) is 10.8. The van der Waals surface area contributed by atoms with Crippen molar-refractivity contribution < 1.29 is 4.79 Å². The number of rotatable bonds is 17. The molecule has 0 atom stereocenters. The van der Waals surface area contributed by atoms with Crippen molar-refractivity contribution in [2.45, 2.75) is 104 Å². The zero-order chi connectivity index (χ0) is 23.7. The van der Waals surface area contributed by atoms with Gasteiger partial charge in [0.1, 0.15) is 0 Å². The van der Waals surface area contributed by atoms with Gasteiger partial charge in [-0.3, -0.25) is 9.69 Å². The highest BCUT2D eigenvalue weighted by Crippen LogP contribution is 2.27. The van der Waals surface area contributed by atoms with Gasteiger partial charge in [0.15, 0.2) is 0 Å². The van der Waals surface area contributed by atoms with E-state index in [9.17, 15) is 4.79 Å². The number of hydrogen-bond acceptors (Lipinski definition) is 1. The van der Waals surface area contributed by atoms with E-state index in [-0.39, 0.29) is 5.91 Å². The van der Waals surface area contributed by atoms with E-state index in [1.807, 2.05) is 0 Å². The zero-order valence-electron chi connectivity index (χ0n) is 21.2. The van der Waals surface area contributed by atoms with Crippen LogP contribution in [0, 0.1) is 0 Å². The fourth-order valence-corrected chi connectivity index (χ4v) is 4.34. The second-order valence-corrected chi connectivity index (χ2v) is 9.25. The molecule has 2 nitrogen and oxygen atoms in total. The Morgan fingerprint density at radius 2 is 1.00 bits per heavy atom. The lowest BCUT2D eigenvalue weighted by atomic mass is 10.0. The first-order valence-electron chi connectivity index (χ1n) is 13.3. The molecule has 0 fully saturated rings. The highest BCUT2D eigenvalue weighted by molar-refractivity contribution is 6.06. The molecule has 0 saturated heterocycles. The molecule has 0 spiro atoms. The molecule has 2 aromatic carbocycles. The second-order valence-electron chi connectivity index (χ2n) is 9.25. The van der Waals surface area contributed by atoms with Crippen molar-refractivity contribution in [2.24, 2.45) is 0 Å². The molecular weight excluding hydrogens is 402 g/mol. The minimum atomic E-state index is -0.0950. The predicted molar refractivity (Wildman–Crippen MR) is 144 cm³/mol. The summed E-state index contributed by atoms with van der Waals surface area (Å²) in [6.45, 7) is 8.23. The summed E-state index contributed by atoms with van der Waals surface area (Å²) in [6.07, 6.45) is 19.3. The van der Waals surface area contributed by atoms with E-state index >= 15 is 0 Å². The Hall–Kier alpha value is -2.35. The van der Waals surface area contributed by atoms with Gasteiger partial charge < -0.3 is 0 Å². The minimum absolute atomic E-state index is 0.0950. The Morgan fingerprint density at radius 3 is 1.36 bits per heavy atom. The maximum Gasteiger partial charge on any atom is 0.254 e. The molecule has 180 valence electrons. The largest absolute Gasteiger partial charge is 0.278 e. The van der Waals surface area contributed by atoms with Gasteiger partial charge in [0.25, 0.3) is 5.91 Å². The number of nitrogens with zero attached hydrogens (tertiary/aromatic N) is 1. The van der Waals surface area contributed by atoms with Crippen LogP contribution in [-0.4, -0.2) is 5.91 Å². The summed E-state index contributed by atoms with van der Waals surface area (Å²) < 4.78 is 0. The third-order valence-corrected chi connectivity index (χ3v) is 6.42. The van der Waals surface area contributed by atoms with E-state index in [1.165, 1.54) is 94.3 Å². The van der Waals surface area contributed by atoms with Crippen molar-refractivity contribution in [3.8, 4) is 0 Å². The van der Waals surface area contributed by atoms with Crippen LogP contribution in [0.3, 0.4) is 0 Å². The van der Waals surface area contributed by atoms with E-state index in [4.69, 9.17) is 0 Å². The maximum atomic E-state index is 12.7. The van der Waals surface area contributed by atoms with E-state index < -0.39 is 0 Å². The Bertz CT molecular complexity index is 731. The van der Waals surface area contributed by atoms with Gasteiger partial charge in [-0.25, -0.2) is 0 Å². The fraction of sp³-hybridized carbons (Fsp3) is 0.516. The minimum Gasteiger partial charge on any atom is -0.278 e. The van der Waals surface area contributed by atoms with E-state index in [2.05, 4.69) is 69.0 Å². The number of anilines is 2. The molecule has 0 saturated carbocycles. The first kappa shape index (κ1) is 26.9. The number of amides is 1. The third kappa shape index (κ3) is 9.98. The zero-order valence-corrected chi connectivity index (χ0v) is 21.2. The molecule has 0 bridgehead atoms.